The maximum Gasteiger partial charge on any atom is 0.268 e. The van der Waals surface area contributed by atoms with Crippen LogP contribution in [-0.2, 0) is 6.54 Å². The second-order valence-corrected chi connectivity index (χ2v) is 4.93. The number of nitrogens with one attached hydrogen (secondary N) is 1. The molecule has 1 amide bonds. The summed E-state index contributed by atoms with van der Waals surface area (Å²) in [5.74, 6) is -0.0637. The van der Waals surface area contributed by atoms with E-state index in [1.807, 2.05) is 36.7 Å². The van der Waals surface area contributed by atoms with Gasteiger partial charge in [0.15, 0.2) is 0 Å². The van der Waals surface area contributed by atoms with Crippen LogP contribution in [0, 0.1) is 0 Å². The van der Waals surface area contributed by atoms with Crippen molar-refractivity contribution in [2.24, 2.45) is 0 Å². The molecule has 0 aliphatic heterocycles. The summed E-state index contributed by atoms with van der Waals surface area (Å²) in [4.78, 5) is 12.2. The molecule has 1 heterocycles. The molecule has 0 spiro atoms. The van der Waals surface area contributed by atoms with Gasteiger partial charge in [0.05, 0.1) is 0 Å². The van der Waals surface area contributed by atoms with E-state index < -0.39 is 0 Å². The minimum atomic E-state index is -0.340. The fourth-order valence-electron chi connectivity index (χ4n) is 1.97. The molecule has 0 radical (unpaired) electrons. The van der Waals surface area contributed by atoms with Crippen LogP contribution in [0.5, 0.6) is 0 Å². The van der Waals surface area contributed by atoms with Crippen LogP contribution in [-0.4, -0.2) is 27.7 Å². The zero-order chi connectivity index (χ0) is 13.6. The molecule has 1 atom stereocenters. The van der Waals surface area contributed by atoms with E-state index in [1.54, 1.807) is 0 Å². The SMILES string of the molecule is CCCn1cccc1C(=O)NC(C)(CC)CCO. The number of aliphatic hydroxyl groups is 1. The molecule has 0 saturated heterocycles. The summed E-state index contributed by atoms with van der Waals surface area (Å²) in [5, 5.41) is 12.1. The molecule has 1 aromatic rings. The Morgan fingerprint density at radius 1 is 1.50 bits per heavy atom. The van der Waals surface area contributed by atoms with Crippen LogP contribution >= 0.6 is 0 Å². The van der Waals surface area contributed by atoms with E-state index in [0.29, 0.717) is 12.1 Å². The van der Waals surface area contributed by atoms with Crippen molar-refractivity contribution in [3.63, 3.8) is 0 Å². The van der Waals surface area contributed by atoms with Crippen LogP contribution in [0.1, 0.15) is 50.5 Å². The molecule has 102 valence electrons. The number of aromatic nitrogens is 1. The minimum absolute atomic E-state index is 0.0637. The Bertz CT molecular complexity index is 387. The van der Waals surface area contributed by atoms with Gasteiger partial charge < -0.3 is 15.0 Å². The Morgan fingerprint density at radius 2 is 2.22 bits per heavy atom. The molecule has 0 aliphatic carbocycles. The molecular weight excluding hydrogens is 228 g/mol. The average molecular weight is 252 g/mol. The van der Waals surface area contributed by atoms with Crippen LogP contribution in [0.25, 0.3) is 0 Å². The summed E-state index contributed by atoms with van der Waals surface area (Å²) in [6, 6.07) is 3.72. The van der Waals surface area contributed by atoms with Gasteiger partial charge >= 0.3 is 0 Å². The van der Waals surface area contributed by atoms with Crippen LogP contribution in [0.15, 0.2) is 18.3 Å². The van der Waals surface area contributed by atoms with E-state index in [9.17, 15) is 4.79 Å². The van der Waals surface area contributed by atoms with Crippen molar-refractivity contribution in [3.05, 3.63) is 24.0 Å². The number of nitrogens with zero attached hydrogens (tertiary/aromatic N) is 1. The van der Waals surface area contributed by atoms with Crippen molar-refractivity contribution in [2.75, 3.05) is 6.61 Å². The fraction of sp³-hybridized carbons (Fsp3) is 0.643. The maximum absolute atomic E-state index is 12.2. The number of aryl methyl sites for hydroxylation is 1. The standard InChI is InChI=1S/C14H24N2O2/c1-4-9-16-10-6-7-12(16)13(18)15-14(3,5-2)8-11-17/h6-7,10,17H,4-5,8-9,11H2,1-3H3,(H,15,18). The largest absolute Gasteiger partial charge is 0.396 e. The van der Waals surface area contributed by atoms with Crippen LogP contribution in [0.2, 0.25) is 0 Å². The predicted molar refractivity (Wildman–Crippen MR) is 72.6 cm³/mol. The number of rotatable bonds is 7. The second-order valence-electron chi connectivity index (χ2n) is 4.93. The van der Waals surface area contributed by atoms with Gasteiger partial charge in [0.2, 0.25) is 0 Å². The highest BCUT2D eigenvalue weighted by molar-refractivity contribution is 5.93. The monoisotopic (exact) mass is 252 g/mol. The maximum atomic E-state index is 12.2. The first kappa shape index (κ1) is 14.8. The molecule has 0 aliphatic rings. The summed E-state index contributed by atoms with van der Waals surface area (Å²) in [6.07, 6.45) is 4.29. The highest BCUT2D eigenvalue weighted by Gasteiger charge is 2.25. The summed E-state index contributed by atoms with van der Waals surface area (Å²) in [7, 11) is 0. The van der Waals surface area contributed by atoms with E-state index >= 15 is 0 Å². The molecule has 18 heavy (non-hydrogen) atoms. The lowest BCUT2D eigenvalue weighted by molar-refractivity contribution is 0.0876. The molecule has 4 heteroatoms. The molecule has 1 unspecified atom stereocenters. The van der Waals surface area contributed by atoms with Crippen molar-refractivity contribution in [1.29, 1.82) is 0 Å². The van der Waals surface area contributed by atoms with Crippen molar-refractivity contribution < 1.29 is 9.90 Å². The molecular formula is C14H24N2O2. The number of carbonyl (C=O) groups is 1. The lowest BCUT2D eigenvalue weighted by Gasteiger charge is -2.29. The molecule has 2 N–H and O–H groups in total. The lowest BCUT2D eigenvalue weighted by atomic mass is 9.95. The number of amides is 1. The van der Waals surface area contributed by atoms with Gasteiger partial charge in [-0.3, -0.25) is 4.79 Å². The van der Waals surface area contributed by atoms with Gasteiger partial charge in [0.25, 0.3) is 5.91 Å². The Labute approximate surface area is 109 Å². The number of hydrogen-bond donors (Lipinski definition) is 2. The second kappa shape index (κ2) is 6.59. The minimum Gasteiger partial charge on any atom is -0.396 e. The van der Waals surface area contributed by atoms with Gasteiger partial charge in [-0.1, -0.05) is 13.8 Å². The number of aliphatic hydroxyl groups excluding tert-OH is 1. The summed E-state index contributed by atoms with van der Waals surface area (Å²) >= 11 is 0. The predicted octanol–water partition coefficient (Wildman–Crippen LogP) is 2.18. The van der Waals surface area contributed by atoms with Gasteiger partial charge in [-0.05, 0) is 38.3 Å². The Morgan fingerprint density at radius 3 is 2.78 bits per heavy atom. The molecule has 0 fully saturated rings. The first-order valence-corrected chi connectivity index (χ1v) is 6.65. The molecule has 1 rings (SSSR count). The van der Waals surface area contributed by atoms with Gasteiger partial charge in [0.1, 0.15) is 5.69 Å². The van der Waals surface area contributed by atoms with E-state index in [4.69, 9.17) is 5.11 Å². The van der Waals surface area contributed by atoms with Crippen LogP contribution in [0.3, 0.4) is 0 Å². The lowest BCUT2D eigenvalue weighted by Crippen LogP contribution is -2.46. The third kappa shape index (κ3) is 3.60. The highest BCUT2D eigenvalue weighted by atomic mass is 16.3. The number of hydrogen-bond acceptors (Lipinski definition) is 2. The Kier molecular flexibility index (Phi) is 5.41. The first-order valence-electron chi connectivity index (χ1n) is 6.65. The first-order chi connectivity index (χ1) is 8.56. The van der Waals surface area contributed by atoms with Gasteiger partial charge in [-0.25, -0.2) is 0 Å². The van der Waals surface area contributed by atoms with E-state index in [-0.39, 0.29) is 18.1 Å². The summed E-state index contributed by atoms with van der Waals surface area (Å²) < 4.78 is 1.96. The van der Waals surface area contributed by atoms with Crippen molar-refractivity contribution in [3.8, 4) is 0 Å². The average Bonchev–Trinajstić information content (AvgIpc) is 2.78. The topological polar surface area (TPSA) is 54.3 Å². The molecule has 4 nitrogen and oxygen atoms in total. The zero-order valence-corrected chi connectivity index (χ0v) is 11.6. The number of carbonyl (C=O) groups excluding carboxylic acids is 1. The third-order valence-corrected chi connectivity index (χ3v) is 3.39. The van der Waals surface area contributed by atoms with Gasteiger partial charge in [-0.15, -0.1) is 0 Å². The molecule has 0 bridgehead atoms. The van der Waals surface area contributed by atoms with Crippen LogP contribution < -0.4 is 5.32 Å². The van der Waals surface area contributed by atoms with E-state index in [1.165, 1.54) is 0 Å². The normalized spacial score (nSPS) is 14.2. The molecule has 0 saturated carbocycles. The van der Waals surface area contributed by atoms with Crippen LogP contribution in [0.4, 0.5) is 0 Å². The Balaban J connectivity index is 2.77. The van der Waals surface area contributed by atoms with Crippen molar-refractivity contribution in [2.45, 2.75) is 52.1 Å². The van der Waals surface area contributed by atoms with Gasteiger partial charge in [0, 0.05) is 24.9 Å². The van der Waals surface area contributed by atoms with Crippen molar-refractivity contribution >= 4 is 5.91 Å². The Hall–Kier alpha value is -1.29. The quantitative estimate of drug-likeness (QED) is 0.781. The molecule has 1 aromatic heterocycles. The van der Waals surface area contributed by atoms with E-state index in [2.05, 4.69) is 12.2 Å². The fourth-order valence-corrected chi connectivity index (χ4v) is 1.97. The molecule has 0 aromatic carbocycles. The van der Waals surface area contributed by atoms with Crippen molar-refractivity contribution in [1.82, 2.24) is 9.88 Å². The van der Waals surface area contributed by atoms with E-state index in [0.717, 1.165) is 19.4 Å². The highest BCUT2D eigenvalue weighted by Crippen LogP contribution is 2.15. The zero-order valence-electron chi connectivity index (χ0n) is 11.6. The smallest absolute Gasteiger partial charge is 0.268 e. The van der Waals surface area contributed by atoms with Gasteiger partial charge in [-0.2, -0.15) is 0 Å². The summed E-state index contributed by atoms with van der Waals surface area (Å²) in [5.41, 5.74) is 0.349. The summed E-state index contributed by atoms with van der Waals surface area (Å²) in [6.45, 7) is 7.00. The third-order valence-electron chi connectivity index (χ3n) is 3.39.